The number of carbonyl (C=O) groups excluding carboxylic acids is 1. The Kier molecular flexibility index (Phi) is 5.08. The lowest BCUT2D eigenvalue weighted by molar-refractivity contribution is 0.174. The van der Waals surface area contributed by atoms with Crippen molar-refractivity contribution in [1.29, 1.82) is 0 Å². The van der Waals surface area contributed by atoms with E-state index in [9.17, 15) is 13.2 Å². The molecule has 1 aromatic rings. The highest BCUT2D eigenvalue weighted by atomic mass is 32.2. The van der Waals surface area contributed by atoms with Crippen LogP contribution in [0.5, 0.6) is 0 Å². The van der Waals surface area contributed by atoms with Crippen molar-refractivity contribution in [2.75, 3.05) is 26.0 Å². The Hall–Kier alpha value is -1.86. The van der Waals surface area contributed by atoms with Gasteiger partial charge in [0.25, 0.3) is 0 Å². The molecule has 1 aromatic carbocycles. The van der Waals surface area contributed by atoms with Gasteiger partial charge in [0.15, 0.2) is 0 Å². The van der Waals surface area contributed by atoms with Gasteiger partial charge >= 0.3 is 6.09 Å². The van der Waals surface area contributed by atoms with E-state index in [1.807, 2.05) is 0 Å². The minimum Gasteiger partial charge on any atom is -0.445 e. The molecule has 104 valence electrons. The van der Waals surface area contributed by atoms with Crippen molar-refractivity contribution in [3.63, 3.8) is 0 Å². The van der Waals surface area contributed by atoms with Gasteiger partial charge in [0.2, 0.25) is 10.0 Å². The van der Waals surface area contributed by atoms with Crippen LogP contribution in [0, 0.1) is 0 Å². The molecule has 19 heavy (non-hydrogen) atoms. The smallest absolute Gasteiger partial charge is 0.411 e. The minimum absolute atomic E-state index is 0.110. The maximum Gasteiger partial charge on any atom is 0.411 e. The van der Waals surface area contributed by atoms with Crippen LogP contribution >= 0.6 is 0 Å². The summed E-state index contributed by atoms with van der Waals surface area (Å²) in [6.45, 7) is 3.53. The van der Waals surface area contributed by atoms with E-state index in [2.05, 4.69) is 11.9 Å². The fraction of sp³-hybridized carbons (Fsp3) is 0.250. The van der Waals surface area contributed by atoms with Gasteiger partial charge in [-0.15, -0.1) is 0 Å². The van der Waals surface area contributed by atoms with Crippen LogP contribution in [-0.4, -0.2) is 39.5 Å². The summed E-state index contributed by atoms with van der Waals surface area (Å²) < 4.78 is 29.5. The Morgan fingerprint density at radius 2 is 1.95 bits per heavy atom. The molecule has 0 bridgehead atoms. The van der Waals surface area contributed by atoms with E-state index in [-0.39, 0.29) is 11.5 Å². The fourth-order valence-electron chi connectivity index (χ4n) is 1.21. The van der Waals surface area contributed by atoms with Gasteiger partial charge < -0.3 is 4.74 Å². The lowest BCUT2D eigenvalue weighted by Gasteiger charge is -2.11. The van der Waals surface area contributed by atoms with Crippen LogP contribution in [-0.2, 0) is 14.8 Å². The van der Waals surface area contributed by atoms with E-state index >= 15 is 0 Å². The molecule has 0 aliphatic carbocycles. The molecule has 7 heteroatoms. The molecular formula is C12H16N2O4S. The van der Waals surface area contributed by atoms with Crippen LogP contribution < -0.4 is 5.32 Å². The first-order valence-electron chi connectivity index (χ1n) is 5.45. The SMILES string of the molecule is C=CCOC(=O)Nc1ccc(S(=O)(=O)N(C)C)cc1. The van der Waals surface area contributed by atoms with E-state index in [1.54, 1.807) is 0 Å². The number of ether oxygens (including phenoxy) is 1. The third kappa shape index (κ3) is 4.08. The van der Waals surface area contributed by atoms with Crippen molar-refractivity contribution in [1.82, 2.24) is 4.31 Å². The number of benzene rings is 1. The first-order chi connectivity index (χ1) is 8.87. The maximum absolute atomic E-state index is 11.8. The van der Waals surface area contributed by atoms with Crippen molar-refractivity contribution in [3.05, 3.63) is 36.9 Å². The Labute approximate surface area is 112 Å². The van der Waals surface area contributed by atoms with Gasteiger partial charge in [0, 0.05) is 19.8 Å². The van der Waals surface area contributed by atoms with E-state index in [0.717, 1.165) is 4.31 Å². The zero-order chi connectivity index (χ0) is 14.5. The number of rotatable bonds is 5. The highest BCUT2D eigenvalue weighted by Gasteiger charge is 2.16. The van der Waals surface area contributed by atoms with Gasteiger partial charge in [-0.25, -0.2) is 17.5 Å². The maximum atomic E-state index is 11.8. The highest BCUT2D eigenvalue weighted by molar-refractivity contribution is 7.89. The Morgan fingerprint density at radius 3 is 2.42 bits per heavy atom. The highest BCUT2D eigenvalue weighted by Crippen LogP contribution is 2.16. The summed E-state index contributed by atoms with van der Waals surface area (Å²) in [5.41, 5.74) is 0.451. The Morgan fingerprint density at radius 1 is 1.37 bits per heavy atom. The van der Waals surface area contributed by atoms with E-state index < -0.39 is 16.1 Å². The first kappa shape index (κ1) is 15.2. The molecule has 0 spiro atoms. The number of carbonyl (C=O) groups is 1. The fourth-order valence-corrected chi connectivity index (χ4v) is 2.11. The third-order valence-electron chi connectivity index (χ3n) is 2.21. The molecule has 0 fully saturated rings. The summed E-state index contributed by atoms with van der Waals surface area (Å²) in [5.74, 6) is 0. The molecule has 0 atom stereocenters. The largest absolute Gasteiger partial charge is 0.445 e. The Balaban J connectivity index is 2.77. The van der Waals surface area contributed by atoms with Gasteiger partial charge in [-0.05, 0) is 24.3 Å². The lowest BCUT2D eigenvalue weighted by Crippen LogP contribution is -2.22. The van der Waals surface area contributed by atoms with Crippen LogP contribution in [0.2, 0.25) is 0 Å². The van der Waals surface area contributed by atoms with Gasteiger partial charge in [-0.3, -0.25) is 5.32 Å². The molecule has 0 aromatic heterocycles. The molecule has 1 amide bonds. The normalized spacial score (nSPS) is 11.1. The average molecular weight is 284 g/mol. The van der Waals surface area contributed by atoms with Crippen LogP contribution in [0.25, 0.3) is 0 Å². The number of nitrogens with one attached hydrogen (secondary N) is 1. The van der Waals surface area contributed by atoms with Gasteiger partial charge in [-0.2, -0.15) is 0 Å². The average Bonchev–Trinajstić information content (AvgIpc) is 2.36. The first-order valence-corrected chi connectivity index (χ1v) is 6.89. The summed E-state index contributed by atoms with van der Waals surface area (Å²) in [4.78, 5) is 11.4. The van der Waals surface area contributed by atoms with Crippen molar-refractivity contribution < 1.29 is 17.9 Å². The second-order valence-corrected chi connectivity index (χ2v) is 5.98. The number of hydrogen-bond donors (Lipinski definition) is 1. The molecule has 0 heterocycles. The zero-order valence-electron chi connectivity index (χ0n) is 10.8. The van der Waals surface area contributed by atoms with Gasteiger partial charge in [-0.1, -0.05) is 12.7 Å². The molecule has 0 saturated heterocycles. The van der Waals surface area contributed by atoms with E-state index in [4.69, 9.17) is 4.74 Å². The van der Waals surface area contributed by atoms with Crippen molar-refractivity contribution in [2.24, 2.45) is 0 Å². The molecule has 6 nitrogen and oxygen atoms in total. The molecular weight excluding hydrogens is 268 g/mol. The minimum atomic E-state index is -3.46. The van der Waals surface area contributed by atoms with Crippen molar-refractivity contribution >= 4 is 21.8 Å². The summed E-state index contributed by atoms with van der Waals surface area (Å²) in [6.07, 6.45) is 0.829. The molecule has 1 rings (SSSR count). The molecule has 0 aliphatic heterocycles. The van der Waals surface area contributed by atoms with Crippen molar-refractivity contribution in [2.45, 2.75) is 4.90 Å². The summed E-state index contributed by atoms with van der Waals surface area (Å²) in [7, 11) is -0.555. The molecule has 1 N–H and O–H groups in total. The second kappa shape index (κ2) is 6.35. The summed E-state index contributed by atoms with van der Waals surface area (Å²) >= 11 is 0. The molecule has 0 saturated carbocycles. The van der Waals surface area contributed by atoms with Crippen LogP contribution in [0.15, 0.2) is 41.8 Å². The zero-order valence-corrected chi connectivity index (χ0v) is 11.6. The summed E-state index contributed by atoms with van der Waals surface area (Å²) in [5, 5.41) is 2.47. The van der Waals surface area contributed by atoms with E-state index in [1.165, 1.54) is 44.4 Å². The summed E-state index contributed by atoms with van der Waals surface area (Å²) in [6, 6.07) is 5.81. The molecule has 0 radical (unpaired) electrons. The topological polar surface area (TPSA) is 75.7 Å². The predicted octanol–water partition coefficient (Wildman–Crippen LogP) is 1.67. The van der Waals surface area contributed by atoms with Gasteiger partial charge in [0.1, 0.15) is 6.61 Å². The number of amides is 1. The number of sulfonamides is 1. The Bertz CT molecular complexity index is 550. The molecule has 0 unspecified atom stereocenters. The molecule has 0 aliphatic rings. The lowest BCUT2D eigenvalue weighted by atomic mass is 10.3. The van der Waals surface area contributed by atoms with Crippen LogP contribution in [0.1, 0.15) is 0 Å². The predicted molar refractivity (Wildman–Crippen MR) is 72.5 cm³/mol. The van der Waals surface area contributed by atoms with E-state index in [0.29, 0.717) is 5.69 Å². The standard InChI is InChI=1S/C12H16N2O4S/c1-4-9-18-12(15)13-10-5-7-11(8-6-10)19(16,17)14(2)3/h4-8H,1,9H2,2-3H3,(H,13,15). The second-order valence-electron chi connectivity index (χ2n) is 3.82. The van der Waals surface area contributed by atoms with Crippen LogP contribution in [0.3, 0.4) is 0 Å². The monoisotopic (exact) mass is 284 g/mol. The quantitative estimate of drug-likeness (QED) is 0.834. The number of nitrogens with zero attached hydrogens (tertiary/aromatic N) is 1. The van der Waals surface area contributed by atoms with Crippen molar-refractivity contribution in [3.8, 4) is 0 Å². The van der Waals surface area contributed by atoms with Crippen LogP contribution in [0.4, 0.5) is 10.5 Å². The number of hydrogen-bond acceptors (Lipinski definition) is 4. The third-order valence-corrected chi connectivity index (χ3v) is 4.04. The van der Waals surface area contributed by atoms with Gasteiger partial charge in [0.05, 0.1) is 4.90 Å². The number of anilines is 1.